The van der Waals surface area contributed by atoms with Gasteiger partial charge >= 0.3 is 0 Å². The van der Waals surface area contributed by atoms with Crippen molar-refractivity contribution in [1.82, 2.24) is 0 Å². The molecule has 0 heterocycles. The molecule has 0 bridgehead atoms. The number of hydrogen-bond donors (Lipinski definition) is 1. The maximum atomic E-state index is 14.6. The van der Waals surface area contributed by atoms with Gasteiger partial charge in [0.1, 0.15) is 0 Å². The fourth-order valence-electron chi connectivity index (χ4n) is 2.28. The summed E-state index contributed by atoms with van der Waals surface area (Å²) in [6, 6.07) is 15.3. The smallest absolute Gasteiger partial charge is 0.169 e. The van der Waals surface area contributed by atoms with Gasteiger partial charge < -0.3 is 10.2 Å². The summed E-state index contributed by atoms with van der Waals surface area (Å²) in [6.45, 7) is 0.870. The molecule has 0 saturated heterocycles. The van der Waals surface area contributed by atoms with Crippen LogP contribution in [-0.2, 0) is 0 Å². The van der Waals surface area contributed by atoms with Crippen molar-refractivity contribution in [2.24, 2.45) is 5.92 Å². The maximum Gasteiger partial charge on any atom is 0.169 e. The second-order valence-corrected chi connectivity index (χ2v) is 5.36. The zero-order chi connectivity index (χ0) is 13.9. The summed E-state index contributed by atoms with van der Waals surface area (Å²) in [5.41, 5.74) is 2.17. The van der Waals surface area contributed by atoms with Gasteiger partial charge in [-0.25, -0.2) is 4.39 Å². The fraction of sp³-hybridized carbons (Fsp3) is 0.294. The molecule has 2 aromatic rings. The number of para-hydroxylation sites is 1. The van der Waals surface area contributed by atoms with Crippen LogP contribution in [0.15, 0.2) is 48.5 Å². The van der Waals surface area contributed by atoms with E-state index in [1.165, 1.54) is 12.8 Å². The molecule has 0 amide bonds. The van der Waals surface area contributed by atoms with Crippen LogP contribution < -0.4 is 10.2 Å². The first-order valence-electron chi connectivity index (χ1n) is 7.07. The van der Waals surface area contributed by atoms with Gasteiger partial charge in [0.2, 0.25) is 0 Å². The fourth-order valence-corrected chi connectivity index (χ4v) is 2.28. The minimum Gasteiger partial charge on any atom is -0.382 e. The summed E-state index contributed by atoms with van der Waals surface area (Å²) in [6.07, 6.45) is 2.52. The van der Waals surface area contributed by atoms with Crippen molar-refractivity contribution < 1.29 is 4.39 Å². The second-order valence-electron chi connectivity index (χ2n) is 5.36. The van der Waals surface area contributed by atoms with Gasteiger partial charge in [0.15, 0.2) is 5.82 Å². The van der Waals surface area contributed by atoms with Gasteiger partial charge in [-0.2, -0.15) is 0 Å². The molecule has 20 heavy (non-hydrogen) atoms. The van der Waals surface area contributed by atoms with Crippen LogP contribution in [0, 0.1) is 11.7 Å². The Morgan fingerprint density at radius 1 is 1.10 bits per heavy atom. The third-order valence-corrected chi connectivity index (χ3v) is 3.76. The lowest BCUT2D eigenvalue weighted by Gasteiger charge is -2.21. The summed E-state index contributed by atoms with van der Waals surface area (Å²) in [5.74, 6) is 0.546. The molecule has 1 N–H and O–H groups in total. The van der Waals surface area contributed by atoms with Gasteiger partial charge in [-0.15, -0.1) is 0 Å². The summed E-state index contributed by atoms with van der Waals surface area (Å²) in [4.78, 5) is 1.87. The molecule has 1 fully saturated rings. The Balaban J connectivity index is 1.83. The Labute approximate surface area is 119 Å². The molecular formula is C17H19FN2. The average Bonchev–Trinajstić information content (AvgIpc) is 3.31. The molecule has 3 rings (SSSR count). The first-order chi connectivity index (χ1) is 9.75. The van der Waals surface area contributed by atoms with E-state index in [0.29, 0.717) is 11.4 Å². The van der Waals surface area contributed by atoms with E-state index in [4.69, 9.17) is 0 Å². The Hall–Kier alpha value is -2.03. The molecule has 1 aliphatic carbocycles. The SMILES string of the molecule is CN(c1ccccc1)c1cccc(NCC2CC2)c1F. The minimum atomic E-state index is -0.181. The zero-order valence-corrected chi connectivity index (χ0v) is 11.6. The average molecular weight is 270 g/mol. The van der Waals surface area contributed by atoms with E-state index < -0.39 is 0 Å². The summed E-state index contributed by atoms with van der Waals surface area (Å²) in [5, 5.41) is 3.22. The molecule has 3 heteroatoms. The molecular weight excluding hydrogens is 251 g/mol. The van der Waals surface area contributed by atoms with Gasteiger partial charge in [-0.3, -0.25) is 0 Å². The predicted octanol–water partition coefficient (Wildman–Crippen LogP) is 4.42. The molecule has 0 spiro atoms. The molecule has 1 saturated carbocycles. The molecule has 1 aliphatic rings. The first kappa shape index (κ1) is 13.0. The van der Waals surface area contributed by atoms with Crippen molar-refractivity contribution in [3.8, 4) is 0 Å². The van der Waals surface area contributed by atoms with Crippen molar-refractivity contribution in [2.75, 3.05) is 23.8 Å². The van der Waals surface area contributed by atoms with E-state index in [0.717, 1.165) is 18.2 Å². The van der Waals surface area contributed by atoms with Gasteiger partial charge in [-0.05, 0) is 43.0 Å². The topological polar surface area (TPSA) is 15.3 Å². The number of hydrogen-bond acceptors (Lipinski definition) is 2. The second kappa shape index (κ2) is 5.53. The monoisotopic (exact) mass is 270 g/mol. The Morgan fingerprint density at radius 3 is 2.55 bits per heavy atom. The quantitative estimate of drug-likeness (QED) is 0.865. The van der Waals surface area contributed by atoms with Gasteiger partial charge in [0.05, 0.1) is 11.4 Å². The van der Waals surface area contributed by atoms with E-state index >= 15 is 0 Å². The van der Waals surface area contributed by atoms with E-state index in [9.17, 15) is 4.39 Å². The minimum absolute atomic E-state index is 0.181. The highest BCUT2D eigenvalue weighted by Gasteiger charge is 2.21. The van der Waals surface area contributed by atoms with Crippen LogP contribution in [0.25, 0.3) is 0 Å². The standard InChI is InChI=1S/C17H19FN2/c1-20(14-6-3-2-4-7-14)16-9-5-8-15(17(16)18)19-12-13-10-11-13/h2-9,13,19H,10-12H2,1H3. The summed E-state index contributed by atoms with van der Waals surface area (Å²) >= 11 is 0. The van der Waals surface area contributed by atoms with Crippen LogP contribution in [0.2, 0.25) is 0 Å². The zero-order valence-electron chi connectivity index (χ0n) is 11.6. The van der Waals surface area contributed by atoms with E-state index in [2.05, 4.69) is 5.32 Å². The van der Waals surface area contributed by atoms with Crippen molar-refractivity contribution >= 4 is 17.1 Å². The van der Waals surface area contributed by atoms with Crippen molar-refractivity contribution in [3.63, 3.8) is 0 Å². The molecule has 0 aromatic heterocycles. The highest BCUT2D eigenvalue weighted by atomic mass is 19.1. The van der Waals surface area contributed by atoms with Crippen molar-refractivity contribution in [2.45, 2.75) is 12.8 Å². The highest BCUT2D eigenvalue weighted by Crippen LogP contribution is 2.32. The van der Waals surface area contributed by atoms with Gasteiger partial charge in [0, 0.05) is 19.3 Å². The lowest BCUT2D eigenvalue weighted by Crippen LogP contribution is -2.13. The molecule has 2 aromatic carbocycles. The van der Waals surface area contributed by atoms with Crippen LogP contribution in [0.3, 0.4) is 0 Å². The third kappa shape index (κ3) is 2.77. The van der Waals surface area contributed by atoms with Gasteiger partial charge in [0.25, 0.3) is 0 Å². The van der Waals surface area contributed by atoms with Crippen LogP contribution in [0.5, 0.6) is 0 Å². The summed E-state index contributed by atoms with van der Waals surface area (Å²) < 4.78 is 14.6. The van der Waals surface area contributed by atoms with Crippen LogP contribution >= 0.6 is 0 Å². The Morgan fingerprint density at radius 2 is 1.85 bits per heavy atom. The Bertz CT molecular complexity index is 579. The number of nitrogens with zero attached hydrogens (tertiary/aromatic N) is 1. The molecule has 0 unspecified atom stereocenters. The number of anilines is 3. The number of nitrogens with one attached hydrogen (secondary N) is 1. The molecule has 0 aliphatic heterocycles. The van der Waals surface area contributed by atoms with Crippen molar-refractivity contribution in [1.29, 1.82) is 0 Å². The number of halogens is 1. The first-order valence-corrected chi connectivity index (χ1v) is 7.07. The van der Waals surface area contributed by atoms with Gasteiger partial charge in [-0.1, -0.05) is 24.3 Å². The normalized spacial score (nSPS) is 14.1. The largest absolute Gasteiger partial charge is 0.382 e. The molecule has 0 atom stereocenters. The van der Waals surface area contributed by atoms with E-state index in [1.807, 2.05) is 54.4 Å². The van der Waals surface area contributed by atoms with Crippen LogP contribution in [0.1, 0.15) is 12.8 Å². The summed E-state index contributed by atoms with van der Waals surface area (Å²) in [7, 11) is 1.89. The maximum absolute atomic E-state index is 14.6. The van der Waals surface area contributed by atoms with Crippen LogP contribution in [0.4, 0.5) is 21.5 Å². The van der Waals surface area contributed by atoms with E-state index in [-0.39, 0.29) is 5.82 Å². The van der Waals surface area contributed by atoms with Crippen molar-refractivity contribution in [3.05, 3.63) is 54.3 Å². The molecule has 104 valence electrons. The predicted molar refractivity (Wildman–Crippen MR) is 82.1 cm³/mol. The molecule has 0 radical (unpaired) electrons. The van der Waals surface area contributed by atoms with Crippen LogP contribution in [-0.4, -0.2) is 13.6 Å². The number of rotatable bonds is 5. The molecule has 2 nitrogen and oxygen atoms in total. The lowest BCUT2D eigenvalue weighted by atomic mass is 10.2. The number of benzene rings is 2. The third-order valence-electron chi connectivity index (χ3n) is 3.76. The highest BCUT2D eigenvalue weighted by molar-refractivity contribution is 5.67. The van der Waals surface area contributed by atoms with E-state index in [1.54, 1.807) is 6.07 Å². The lowest BCUT2D eigenvalue weighted by molar-refractivity contribution is 0.629. The Kier molecular flexibility index (Phi) is 3.59.